The first kappa shape index (κ1) is 35.4. The molecule has 0 radical (unpaired) electrons. The summed E-state index contributed by atoms with van der Waals surface area (Å²) in [7, 11) is 6.48. The lowest BCUT2D eigenvalue weighted by Gasteiger charge is -2.40. The maximum absolute atomic E-state index is 14.6. The van der Waals surface area contributed by atoms with Gasteiger partial charge in [-0.25, -0.2) is 4.79 Å². The van der Waals surface area contributed by atoms with E-state index in [0.717, 1.165) is 39.1 Å². The molecular formula is C43H43N3O7. The number of fused-ring (bicyclic) bond motifs is 4. The van der Waals surface area contributed by atoms with Gasteiger partial charge in [-0.3, -0.25) is 9.69 Å². The summed E-state index contributed by atoms with van der Waals surface area (Å²) in [5.41, 5.74) is 7.76. The Bertz CT molecular complexity index is 2140. The van der Waals surface area contributed by atoms with Crippen molar-refractivity contribution < 1.29 is 33.3 Å². The Hall–Kier alpha value is -6.00. The molecule has 1 aliphatic heterocycles. The summed E-state index contributed by atoms with van der Waals surface area (Å²) in [6, 6.07) is 33.3. The van der Waals surface area contributed by atoms with Crippen LogP contribution in [0.3, 0.4) is 0 Å². The van der Waals surface area contributed by atoms with Crippen molar-refractivity contribution in [1.82, 2.24) is 0 Å². The average Bonchev–Trinajstić information content (AvgIpc) is 3.50. The first-order valence-electron chi connectivity index (χ1n) is 17.4. The van der Waals surface area contributed by atoms with Crippen molar-refractivity contribution in [2.45, 2.75) is 31.8 Å². The highest BCUT2D eigenvalue weighted by atomic mass is 16.7. The van der Waals surface area contributed by atoms with Crippen LogP contribution in [0.2, 0.25) is 0 Å². The van der Waals surface area contributed by atoms with Crippen LogP contribution < -0.4 is 29.3 Å². The van der Waals surface area contributed by atoms with Crippen molar-refractivity contribution in [3.63, 3.8) is 0 Å². The fourth-order valence-electron chi connectivity index (χ4n) is 7.49. The van der Waals surface area contributed by atoms with Crippen LogP contribution >= 0.6 is 0 Å². The molecule has 0 saturated carbocycles. The van der Waals surface area contributed by atoms with Gasteiger partial charge >= 0.3 is 6.09 Å². The Labute approximate surface area is 309 Å². The molecule has 0 unspecified atom stereocenters. The number of amides is 2. The molecule has 1 heterocycles. The van der Waals surface area contributed by atoms with Crippen molar-refractivity contribution in [2.24, 2.45) is 0 Å². The lowest BCUT2D eigenvalue weighted by molar-refractivity contribution is -0.121. The van der Waals surface area contributed by atoms with E-state index in [0.29, 0.717) is 34.2 Å². The Morgan fingerprint density at radius 3 is 2.11 bits per heavy atom. The molecule has 53 heavy (non-hydrogen) atoms. The summed E-state index contributed by atoms with van der Waals surface area (Å²) in [4.78, 5) is 31.7. The largest absolute Gasteiger partial charge is 0.496 e. The minimum Gasteiger partial charge on any atom is -0.496 e. The molecular weight excluding hydrogens is 670 g/mol. The molecule has 10 nitrogen and oxygen atoms in total. The average molecular weight is 714 g/mol. The van der Waals surface area contributed by atoms with Gasteiger partial charge in [0, 0.05) is 37.3 Å². The Balaban J connectivity index is 1.34. The van der Waals surface area contributed by atoms with Crippen molar-refractivity contribution in [1.29, 1.82) is 0 Å². The van der Waals surface area contributed by atoms with Gasteiger partial charge in [-0.05, 0) is 72.0 Å². The number of carbonyl (C=O) groups excluding carboxylic acids is 2. The van der Waals surface area contributed by atoms with E-state index in [2.05, 4.69) is 29.6 Å². The maximum Gasteiger partial charge on any atom is 0.414 e. The third kappa shape index (κ3) is 6.51. The number of likely N-dealkylation sites (N-methyl/N-ethyl adjacent to an activating group) is 1. The minimum absolute atomic E-state index is 0.0281. The number of anilines is 3. The third-order valence-electron chi connectivity index (χ3n) is 9.96. The lowest BCUT2D eigenvalue weighted by Crippen LogP contribution is -2.53. The van der Waals surface area contributed by atoms with Gasteiger partial charge in [0.05, 0.1) is 37.8 Å². The van der Waals surface area contributed by atoms with Crippen LogP contribution in [0.4, 0.5) is 21.9 Å². The summed E-state index contributed by atoms with van der Waals surface area (Å²) < 4.78 is 28.8. The molecule has 0 fully saturated rings. The fraction of sp³-hybridized carbons (Fsp3) is 0.256. The number of para-hydroxylation sites is 2. The summed E-state index contributed by atoms with van der Waals surface area (Å²) >= 11 is 0. The fourth-order valence-corrected chi connectivity index (χ4v) is 7.49. The zero-order valence-corrected chi connectivity index (χ0v) is 30.8. The molecule has 0 saturated heterocycles. The van der Waals surface area contributed by atoms with Crippen molar-refractivity contribution >= 4 is 29.1 Å². The predicted molar refractivity (Wildman–Crippen MR) is 206 cm³/mol. The van der Waals surface area contributed by atoms with Crippen LogP contribution in [0, 0.1) is 0 Å². The number of nitrogens with one attached hydrogen (secondary N) is 1. The van der Waals surface area contributed by atoms with E-state index in [-0.39, 0.29) is 31.8 Å². The topological polar surface area (TPSA) is 98.8 Å². The molecule has 0 bridgehead atoms. The zero-order valence-electron chi connectivity index (χ0n) is 30.8. The second-order valence-electron chi connectivity index (χ2n) is 13.6. The molecule has 2 aliphatic rings. The van der Waals surface area contributed by atoms with Gasteiger partial charge in [0.25, 0.3) is 5.91 Å². The highest BCUT2D eigenvalue weighted by molar-refractivity contribution is 6.09. The van der Waals surface area contributed by atoms with Crippen LogP contribution in [0.1, 0.15) is 36.5 Å². The molecule has 1 N–H and O–H groups in total. The summed E-state index contributed by atoms with van der Waals surface area (Å²) in [5.74, 6) is 1.35. The van der Waals surface area contributed by atoms with E-state index in [1.165, 1.54) is 0 Å². The van der Waals surface area contributed by atoms with Crippen LogP contribution in [0.25, 0.3) is 22.3 Å². The second-order valence-corrected chi connectivity index (χ2v) is 13.6. The van der Waals surface area contributed by atoms with Gasteiger partial charge in [0.1, 0.15) is 29.4 Å². The smallest absolute Gasteiger partial charge is 0.414 e. The molecule has 0 atom stereocenters. The Kier molecular flexibility index (Phi) is 9.72. The molecule has 10 heteroatoms. The van der Waals surface area contributed by atoms with E-state index in [9.17, 15) is 9.59 Å². The SMILES string of the molecule is COCOc1ccc(-c2ccc3c(c2CN(C(=O)OCC2c4ccccc4-c4ccccc42)c2ccccc2OC)N(C)C(=O)C(C)(C)N3)c(OC)c1. The Morgan fingerprint density at radius 2 is 1.43 bits per heavy atom. The maximum atomic E-state index is 14.6. The number of nitrogens with zero attached hydrogens (tertiary/aromatic N) is 2. The first-order chi connectivity index (χ1) is 25.7. The quantitative estimate of drug-likeness (QED) is 0.136. The molecule has 2 amide bonds. The summed E-state index contributed by atoms with van der Waals surface area (Å²) in [6.07, 6.45) is -0.562. The number of methoxy groups -OCH3 is 3. The zero-order chi connectivity index (χ0) is 37.3. The highest BCUT2D eigenvalue weighted by Gasteiger charge is 2.40. The van der Waals surface area contributed by atoms with Crippen LogP contribution in [-0.2, 0) is 20.8 Å². The van der Waals surface area contributed by atoms with Gasteiger partial charge in [-0.2, -0.15) is 0 Å². The van der Waals surface area contributed by atoms with E-state index in [4.69, 9.17) is 23.7 Å². The van der Waals surface area contributed by atoms with Crippen molar-refractivity contribution in [2.75, 3.05) is 56.9 Å². The number of ether oxygens (including phenoxy) is 5. The third-order valence-corrected chi connectivity index (χ3v) is 9.96. The second kappa shape index (κ2) is 14.6. The van der Waals surface area contributed by atoms with Gasteiger partial charge in [0.15, 0.2) is 6.79 Å². The van der Waals surface area contributed by atoms with Crippen molar-refractivity contribution in [3.05, 3.63) is 120 Å². The number of carbonyl (C=O) groups is 2. The minimum atomic E-state index is -0.853. The van der Waals surface area contributed by atoms with Gasteiger partial charge < -0.3 is 33.9 Å². The normalized spacial score (nSPS) is 14.1. The number of rotatable bonds is 11. The monoisotopic (exact) mass is 713 g/mol. The first-order valence-corrected chi connectivity index (χ1v) is 17.4. The molecule has 0 aromatic heterocycles. The summed E-state index contributed by atoms with van der Waals surface area (Å²) in [5, 5.41) is 3.43. The van der Waals surface area contributed by atoms with E-state index < -0.39 is 11.6 Å². The van der Waals surface area contributed by atoms with Gasteiger partial charge in [0.2, 0.25) is 0 Å². The van der Waals surface area contributed by atoms with Gasteiger partial charge in [-0.15, -0.1) is 0 Å². The molecule has 1 aliphatic carbocycles. The van der Waals surface area contributed by atoms with E-state index in [1.807, 2.05) is 86.6 Å². The lowest BCUT2D eigenvalue weighted by atomic mass is 9.91. The van der Waals surface area contributed by atoms with Crippen molar-refractivity contribution in [3.8, 4) is 39.5 Å². The highest BCUT2D eigenvalue weighted by Crippen LogP contribution is 2.47. The van der Waals surface area contributed by atoms with E-state index >= 15 is 0 Å². The van der Waals surface area contributed by atoms with Crippen LogP contribution in [-0.4, -0.2) is 59.3 Å². The molecule has 272 valence electrons. The summed E-state index contributed by atoms with van der Waals surface area (Å²) in [6.45, 7) is 3.93. The standard InChI is InChI=1S/C43H43N3O7/c1-43(2)41(47)45(3)40-34(32(21-22-36(40)44-43)33-20-19-27(53-26-49-4)23-39(33)51-6)24-46(37-17-11-12-18-38(37)50-5)42(48)52-25-35-30-15-9-7-13-28(30)29-14-8-10-16-31(29)35/h7-23,35,44H,24-26H2,1-6H3. The number of hydrogen-bond acceptors (Lipinski definition) is 8. The Morgan fingerprint density at radius 1 is 0.792 bits per heavy atom. The number of hydrogen-bond donors (Lipinski definition) is 1. The molecule has 7 rings (SSSR count). The van der Waals surface area contributed by atoms with Gasteiger partial charge in [-0.1, -0.05) is 66.7 Å². The molecule has 5 aromatic rings. The van der Waals surface area contributed by atoms with E-state index in [1.54, 1.807) is 44.2 Å². The van der Waals surface area contributed by atoms with Crippen LogP contribution in [0.5, 0.6) is 17.2 Å². The molecule has 0 spiro atoms. The predicted octanol–water partition coefficient (Wildman–Crippen LogP) is 8.48. The molecule has 5 aromatic carbocycles. The number of benzene rings is 5. The van der Waals surface area contributed by atoms with Crippen LogP contribution in [0.15, 0.2) is 103 Å².